The van der Waals surface area contributed by atoms with Gasteiger partial charge in [0.05, 0.1) is 22.7 Å². The molecule has 0 fully saturated rings. The molecule has 2 aromatic carbocycles. The van der Waals surface area contributed by atoms with Crippen molar-refractivity contribution in [1.82, 2.24) is 5.32 Å². The van der Waals surface area contributed by atoms with Crippen LogP contribution >= 0.6 is 23.2 Å². The molecule has 2 N–H and O–H groups in total. The Kier molecular flexibility index (Phi) is 6.38. The molecule has 4 nitrogen and oxygen atoms in total. The van der Waals surface area contributed by atoms with E-state index in [0.29, 0.717) is 21.8 Å². The zero-order chi connectivity index (χ0) is 18.6. The number of rotatable bonds is 5. The van der Waals surface area contributed by atoms with Crippen molar-refractivity contribution >= 4 is 34.8 Å². The second-order valence-corrected chi connectivity index (χ2v) is 6.39. The molecule has 0 aliphatic carbocycles. The van der Waals surface area contributed by atoms with E-state index < -0.39 is 11.9 Å². The summed E-state index contributed by atoms with van der Waals surface area (Å²) in [5.41, 5.74) is 1.61. The first-order valence-electron chi connectivity index (χ1n) is 7.53. The molecular formula is C18H16Cl2FN3O. The van der Waals surface area contributed by atoms with Crippen molar-refractivity contribution in [3.8, 4) is 6.07 Å². The Balaban J connectivity index is 2.02. The zero-order valence-corrected chi connectivity index (χ0v) is 15.1. The molecule has 0 aliphatic heterocycles. The summed E-state index contributed by atoms with van der Waals surface area (Å²) in [6.07, 6.45) is 0. The summed E-state index contributed by atoms with van der Waals surface area (Å²) in [6, 6.07) is 10.2. The van der Waals surface area contributed by atoms with Gasteiger partial charge in [0.1, 0.15) is 5.82 Å². The summed E-state index contributed by atoms with van der Waals surface area (Å²) in [4.78, 5) is 12.3. The van der Waals surface area contributed by atoms with Crippen LogP contribution in [0.1, 0.15) is 31.0 Å². The SMILES string of the molecule is C[C@H](N[C@H](C)C(=O)Nc1ccc(C#N)cc1)c1cc(F)c(Cl)cc1Cl. The summed E-state index contributed by atoms with van der Waals surface area (Å²) in [6.45, 7) is 3.47. The van der Waals surface area contributed by atoms with E-state index in [1.54, 1.807) is 38.1 Å². The smallest absolute Gasteiger partial charge is 0.241 e. The van der Waals surface area contributed by atoms with Gasteiger partial charge in [0, 0.05) is 16.8 Å². The standard InChI is InChI=1S/C18H16Cl2FN3O/c1-10(14-7-17(21)16(20)8-15(14)19)23-11(2)18(25)24-13-5-3-12(9-22)4-6-13/h3-8,10-11,23H,1-2H3,(H,24,25)/t10-,11+/m0/s1. The van der Waals surface area contributed by atoms with Crippen LogP contribution in [0, 0.1) is 17.1 Å². The van der Waals surface area contributed by atoms with Gasteiger partial charge < -0.3 is 5.32 Å². The van der Waals surface area contributed by atoms with Crippen LogP contribution in [0.25, 0.3) is 0 Å². The van der Waals surface area contributed by atoms with Crippen molar-refractivity contribution in [3.63, 3.8) is 0 Å². The molecule has 0 unspecified atom stereocenters. The summed E-state index contributed by atoms with van der Waals surface area (Å²) in [5.74, 6) is -0.827. The molecule has 2 atom stereocenters. The highest BCUT2D eigenvalue weighted by Gasteiger charge is 2.19. The Morgan fingerprint density at radius 2 is 1.80 bits per heavy atom. The molecule has 0 bridgehead atoms. The molecule has 2 rings (SSSR count). The van der Waals surface area contributed by atoms with E-state index in [4.69, 9.17) is 28.5 Å². The molecule has 0 radical (unpaired) electrons. The quantitative estimate of drug-likeness (QED) is 0.741. The largest absolute Gasteiger partial charge is 0.325 e. The Bertz CT molecular complexity index is 818. The van der Waals surface area contributed by atoms with Gasteiger partial charge in [-0.05, 0) is 55.8 Å². The molecule has 0 aromatic heterocycles. The first-order chi connectivity index (χ1) is 11.8. The van der Waals surface area contributed by atoms with Gasteiger partial charge in [-0.1, -0.05) is 23.2 Å². The van der Waals surface area contributed by atoms with Crippen molar-refractivity contribution in [1.29, 1.82) is 5.26 Å². The number of nitrogens with one attached hydrogen (secondary N) is 2. The van der Waals surface area contributed by atoms with Gasteiger partial charge in [0.25, 0.3) is 0 Å². The summed E-state index contributed by atoms with van der Waals surface area (Å²) in [5, 5.41) is 14.9. The molecule has 1 amide bonds. The first-order valence-corrected chi connectivity index (χ1v) is 8.29. The Morgan fingerprint density at radius 3 is 2.40 bits per heavy atom. The number of carbonyl (C=O) groups is 1. The molecule has 25 heavy (non-hydrogen) atoms. The van der Waals surface area contributed by atoms with Gasteiger partial charge in [-0.3, -0.25) is 10.1 Å². The number of benzene rings is 2. The van der Waals surface area contributed by atoms with Crippen LogP contribution in [-0.4, -0.2) is 11.9 Å². The van der Waals surface area contributed by atoms with Gasteiger partial charge in [-0.25, -0.2) is 4.39 Å². The van der Waals surface area contributed by atoms with E-state index in [9.17, 15) is 9.18 Å². The van der Waals surface area contributed by atoms with Crippen molar-refractivity contribution in [3.05, 3.63) is 63.4 Å². The van der Waals surface area contributed by atoms with Crippen LogP contribution in [0.15, 0.2) is 36.4 Å². The Hall–Kier alpha value is -2.13. The van der Waals surface area contributed by atoms with Crippen molar-refractivity contribution in [2.45, 2.75) is 25.9 Å². The van der Waals surface area contributed by atoms with Gasteiger partial charge in [-0.2, -0.15) is 5.26 Å². The summed E-state index contributed by atoms with van der Waals surface area (Å²) in [7, 11) is 0. The van der Waals surface area contributed by atoms with Gasteiger partial charge >= 0.3 is 0 Å². The van der Waals surface area contributed by atoms with Gasteiger partial charge in [0.15, 0.2) is 0 Å². The Labute approximate surface area is 155 Å². The minimum atomic E-state index is -0.565. The van der Waals surface area contributed by atoms with Crippen LogP contribution in [0.3, 0.4) is 0 Å². The topological polar surface area (TPSA) is 64.9 Å². The third-order valence-electron chi connectivity index (χ3n) is 3.68. The molecule has 2 aromatic rings. The highest BCUT2D eigenvalue weighted by molar-refractivity contribution is 6.35. The van der Waals surface area contributed by atoms with E-state index in [-0.39, 0.29) is 17.0 Å². The second-order valence-electron chi connectivity index (χ2n) is 5.58. The molecule has 0 heterocycles. The van der Waals surface area contributed by atoms with Crippen LogP contribution in [-0.2, 0) is 4.79 Å². The van der Waals surface area contributed by atoms with Crippen LogP contribution in [0.4, 0.5) is 10.1 Å². The lowest BCUT2D eigenvalue weighted by atomic mass is 10.1. The average Bonchev–Trinajstić information content (AvgIpc) is 2.58. The minimum Gasteiger partial charge on any atom is -0.325 e. The fourth-order valence-corrected chi connectivity index (χ4v) is 2.84. The van der Waals surface area contributed by atoms with Crippen molar-refractivity contribution < 1.29 is 9.18 Å². The average molecular weight is 380 g/mol. The molecule has 0 aliphatic rings. The van der Waals surface area contributed by atoms with E-state index in [2.05, 4.69) is 10.6 Å². The summed E-state index contributed by atoms with van der Waals surface area (Å²) >= 11 is 11.8. The predicted molar refractivity (Wildman–Crippen MR) is 97.2 cm³/mol. The third kappa shape index (κ3) is 4.93. The maximum Gasteiger partial charge on any atom is 0.241 e. The predicted octanol–water partition coefficient (Wildman–Crippen LogP) is 4.68. The molecule has 0 spiro atoms. The number of hydrogen-bond acceptors (Lipinski definition) is 3. The lowest BCUT2D eigenvalue weighted by Crippen LogP contribution is -2.39. The minimum absolute atomic E-state index is 0.0486. The highest BCUT2D eigenvalue weighted by atomic mass is 35.5. The van der Waals surface area contributed by atoms with Crippen LogP contribution in [0.2, 0.25) is 10.0 Å². The number of nitrogens with zero attached hydrogens (tertiary/aromatic N) is 1. The maximum atomic E-state index is 13.6. The van der Waals surface area contributed by atoms with Crippen LogP contribution in [0.5, 0.6) is 0 Å². The fourth-order valence-electron chi connectivity index (χ4n) is 2.29. The van der Waals surface area contributed by atoms with Gasteiger partial charge in [0.2, 0.25) is 5.91 Å². The Morgan fingerprint density at radius 1 is 1.16 bits per heavy atom. The zero-order valence-electron chi connectivity index (χ0n) is 13.6. The third-order valence-corrected chi connectivity index (χ3v) is 4.30. The normalized spacial score (nSPS) is 13.0. The number of hydrogen-bond donors (Lipinski definition) is 2. The number of amides is 1. The van der Waals surface area contributed by atoms with E-state index in [1.165, 1.54) is 12.1 Å². The lowest BCUT2D eigenvalue weighted by molar-refractivity contribution is -0.117. The highest BCUT2D eigenvalue weighted by Crippen LogP contribution is 2.28. The molecule has 0 saturated carbocycles. The maximum absolute atomic E-state index is 13.6. The second kappa shape index (κ2) is 8.30. The number of halogens is 3. The van der Waals surface area contributed by atoms with E-state index in [0.717, 1.165) is 0 Å². The molecule has 0 saturated heterocycles. The van der Waals surface area contributed by atoms with E-state index in [1.807, 2.05) is 6.07 Å². The number of carbonyl (C=O) groups excluding carboxylic acids is 1. The van der Waals surface area contributed by atoms with Crippen molar-refractivity contribution in [2.24, 2.45) is 0 Å². The lowest BCUT2D eigenvalue weighted by Gasteiger charge is -2.21. The number of anilines is 1. The number of nitriles is 1. The van der Waals surface area contributed by atoms with E-state index >= 15 is 0 Å². The van der Waals surface area contributed by atoms with Gasteiger partial charge in [-0.15, -0.1) is 0 Å². The molecule has 7 heteroatoms. The monoisotopic (exact) mass is 379 g/mol. The van der Waals surface area contributed by atoms with Crippen molar-refractivity contribution in [2.75, 3.05) is 5.32 Å². The van der Waals surface area contributed by atoms with Crippen LogP contribution < -0.4 is 10.6 Å². The summed E-state index contributed by atoms with van der Waals surface area (Å²) < 4.78 is 13.6. The molecule has 130 valence electrons. The first kappa shape index (κ1) is 19.2. The molecular weight excluding hydrogens is 364 g/mol. The fraction of sp³-hybridized carbons (Fsp3) is 0.222.